The number of nitrogens with zero attached hydrogens (tertiary/aromatic N) is 1. The van der Waals surface area contributed by atoms with Crippen molar-refractivity contribution in [3.8, 4) is 0 Å². The largest absolute Gasteiger partial charge is 0.465 e. The zero-order chi connectivity index (χ0) is 20.1. The average Bonchev–Trinajstić information content (AvgIpc) is 2.71. The van der Waals surface area contributed by atoms with Crippen molar-refractivity contribution in [2.45, 2.75) is 13.8 Å². The molecule has 2 N–H and O–H groups in total. The van der Waals surface area contributed by atoms with Crippen LogP contribution in [0.25, 0.3) is 0 Å². The molecular formula is C22H21N3O3. The van der Waals surface area contributed by atoms with E-state index in [-0.39, 0.29) is 11.9 Å². The van der Waals surface area contributed by atoms with Gasteiger partial charge < -0.3 is 15.4 Å². The minimum atomic E-state index is -0.381. The van der Waals surface area contributed by atoms with Gasteiger partial charge in [-0.1, -0.05) is 6.07 Å². The minimum Gasteiger partial charge on any atom is -0.465 e. The molecule has 28 heavy (non-hydrogen) atoms. The normalized spacial score (nSPS) is 10.2. The number of hydrogen-bond donors (Lipinski definition) is 2. The number of methoxy groups -OCH3 is 1. The molecule has 1 heterocycles. The SMILES string of the molecule is COC(=O)c1ccc(Nc2ccc(NC(=O)c3ccc(C)c(C)c3)cn2)cc1. The van der Waals surface area contributed by atoms with E-state index < -0.39 is 0 Å². The molecule has 0 spiro atoms. The van der Waals surface area contributed by atoms with Crippen LogP contribution in [-0.2, 0) is 4.74 Å². The van der Waals surface area contributed by atoms with Gasteiger partial charge >= 0.3 is 5.97 Å². The van der Waals surface area contributed by atoms with Crippen LogP contribution in [0.4, 0.5) is 17.2 Å². The molecule has 0 aliphatic carbocycles. The predicted molar refractivity (Wildman–Crippen MR) is 109 cm³/mol. The summed E-state index contributed by atoms with van der Waals surface area (Å²) in [5.41, 5.74) is 4.69. The molecule has 0 unspecified atom stereocenters. The summed E-state index contributed by atoms with van der Waals surface area (Å²) in [7, 11) is 1.35. The van der Waals surface area contributed by atoms with Crippen molar-refractivity contribution in [3.05, 3.63) is 83.0 Å². The van der Waals surface area contributed by atoms with Gasteiger partial charge in [0.1, 0.15) is 5.82 Å². The Balaban J connectivity index is 1.63. The molecule has 0 saturated carbocycles. The van der Waals surface area contributed by atoms with Crippen molar-refractivity contribution < 1.29 is 14.3 Å². The number of pyridine rings is 1. The van der Waals surface area contributed by atoms with Gasteiger partial charge in [0.2, 0.25) is 0 Å². The highest BCUT2D eigenvalue weighted by atomic mass is 16.5. The number of aromatic nitrogens is 1. The average molecular weight is 375 g/mol. The first kappa shape index (κ1) is 19.1. The zero-order valence-corrected chi connectivity index (χ0v) is 15.9. The van der Waals surface area contributed by atoms with Crippen molar-refractivity contribution in [1.29, 1.82) is 0 Å². The summed E-state index contributed by atoms with van der Waals surface area (Å²) in [5.74, 6) is 0.0625. The molecule has 0 saturated heterocycles. The molecule has 1 amide bonds. The lowest BCUT2D eigenvalue weighted by atomic mass is 10.1. The topological polar surface area (TPSA) is 80.3 Å². The van der Waals surface area contributed by atoms with Gasteiger partial charge in [-0.3, -0.25) is 4.79 Å². The van der Waals surface area contributed by atoms with Crippen molar-refractivity contribution in [3.63, 3.8) is 0 Å². The molecular weight excluding hydrogens is 354 g/mol. The first-order valence-electron chi connectivity index (χ1n) is 8.76. The van der Waals surface area contributed by atoms with Crippen LogP contribution >= 0.6 is 0 Å². The van der Waals surface area contributed by atoms with Crippen LogP contribution in [0.1, 0.15) is 31.8 Å². The summed E-state index contributed by atoms with van der Waals surface area (Å²) in [6, 6.07) is 16.0. The Labute approximate surface area is 163 Å². The molecule has 3 aromatic rings. The predicted octanol–water partition coefficient (Wildman–Crippen LogP) is 4.48. The number of ether oxygens (including phenoxy) is 1. The fraction of sp³-hybridized carbons (Fsp3) is 0.136. The Hall–Kier alpha value is -3.67. The van der Waals surface area contributed by atoms with E-state index in [0.717, 1.165) is 16.8 Å². The maximum Gasteiger partial charge on any atom is 0.337 e. The Kier molecular flexibility index (Phi) is 5.69. The highest BCUT2D eigenvalue weighted by Gasteiger charge is 2.08. The lowest BCUT2D eigenvalue weighted by Gasteiger charge is -2.09. The summed E-state index contributed by atoms with van der Waals surface area (Å²) in [5, 5.41) is 5.98. The molecule has 0 aliphatic heterocycles. The highest BCUT2D eigenvalue weighted by Crippen LogP contribution is 2.18. The molecule has 6 heteroatoms. The quantitative estimate of drug-likeness (QED) is 0.643. The van der Waals surface area contributed by atoms with E-state index in [2.05, 4.69) is 20.4 Å². The molecule has 0 fully saturated rings. The van der Waals surface area contributed by atoms with Crippen LogP contribution in [0.3, 0.4) is 0 Å². The third-order valence-electron chi connectivity index (χ3n) is 4.37. The summed E-state index contributed by atoms with van der Waals surface area (Å²) < 4.78 is 4.68. The molecule has 0 radical (unpaired) electrons. The first-order valence-corrected chi connectivity index (χ1v) is 8.76. The number of benzene rings is 2. The van der Waals surface area contributed by atoms with Crippen LogP contribution in [0.15, 0.2) is 60.8 Å². The third-order valence-corrected chi connectivity index (χ3v) is 4.37. The number of amides is 1. The summed E-state index contributed by atoms with van der Waals surface area (Å²) in [4.78, 5) is 28.1. The van der Waals surface area contributed by atoms with Gasteiger partial charge in [-0.25, -0.2) is 9.78 Å². The molecule has 0 aliphatic rings. The van der Waals surface area contributed by atoms with Gasteiger partial charge in [-0.2, -0.15) is 0 Å². The molecule has 2 aromatic carbocycles. The van der Waals surface area contributed by atoms with E-state index in [1.54, 1.807) is 48.7 Å². The van der Waals surface area contributed by atoms with Crippen LogP contribution in [0.2, 0.25) is 0 Å². The number of anilines is 3. The summed E-state index contributed by atoms with van der Waals surface area (Å²) in [6.45, 7) is 3.99. The number of carbonyl (C=O) groups excluding carboxylic acids is 2. The number of esters is 1. The van der Waals surface area contributed by atoms with Crippen molar-refractivity contribution in [2.75, 3.05) is 17.7 Å². The molecule has 3 rings (SSSR count). The Bertz CT molecular complexity index is 997. The van der Waals surface area contributed by atoms with Gasteiger partial charge in [0, 0.05) is 11.3 Å². The van der Waals surface area contributed by atoms with Crippen molar-refractivity contribution in [2.24, 2.45) is 0 Å². The summed E-state index contributed by atoms with van der Waals surface area (Å²) in [6.07, 6.45) is 1.59. The highest BCUT2D eigenvalue weighted by molar-refractivity contribution is 6.04. The van der Waals surface area contributed by atoms with Gasteiger partial charge in [0.25, 0.3) is 5.91 Å². The van der Waals surface area contributed by atoms with Gasteiger partial charge in [0.05, 0.1) is 24.6 Å². The van der Waals surface area contributed by atoms with E-state index in [9.17, 15) is 9.59 Å². The van der Waals surface area contributed by atoms with Crippen LogP contribution < -0.4 is 10.6 Å². The molecule has 0 atom stereocenters. The minimum absolute atomic E-state index is 0.177. The smallest absolute Gasteiger partial charge is 0.337 e. The van der Waals surface area contributed by atoms with Crippen LogP contribution in [-0.4, -0.2) is 24.0 Å². The number of rotatable bonds is 5. The van der Waals surface area contributed by atoms with Crippen LogP contribution in [0.5, 0.6) is 0 Å². The van der Waals surface area contributed by atoms with E-state index >= 15 is 0 Å². The molecule has 1 aromatic heterocycles. The van der Waals surface area contributed by atoms with E-state index in [0.29, 0.717) is 22.6 Å². The van der Waals surface area contributed by atoms with Crippen LogP contribution in [0, 0.1) is 13.8 Å². The van der Waals surface area contributed by atoms with E-state index in [1.807, 2.05) is 26.0 Å². The Morgan fingerprint density at radius 1 is 0.857 bits per heavy atom. The fourth-order valence-electron chi connectivity index (χ4n) is 2.58. The van der Waals surface area contributed by atoms with Crippen molar-refractivity contribution >= 4 is 29.1 Å². The third kappa shape index (κ3) is 4.54. The maximum atomic E-state index is 12.4. The van der Waals surface area contributed by atoms with Gasteiger partial charge in [0.15, 0.2) is 0 Å². The van der Waals surface area contributed by atoms with Gasteiger partial charge in [-0.05, 0) is 73.5 Å². The van der Waals surface area contributed by atoms with Gasteiger partial charge in [-0.15, -0.1) is 0 Å². The Morgan fingerprint density at radius 3 is 2.14 bits per heavy atom. The summed E-state index contributed by atoms with van der Waals surface area (Å²) >= 11 is 0. The molecule has 142 valence electrons. The van der Waals surface area contributed by atoms with E-state index in [1.165, 1.54) is 7.11 Å². The Morgan fingerprint density at radius 2 is 1.54 bits per heavy atom. The fourth-order valence-corrected chi connectivity index (χ4v) is 2.58. The van der Waals surface area contributed by atoms with Crippen molar-refractivity contribution in [1.82, 2.24) is 4.98 Å². The standard InChI is InChI=1S/C22H21N3O3/c1-14-4-5-17(12-15(14)2)21(26)25-19-10-11-20(23-13-19)24-18-8-6-16(7-9-18)22(27)28-3/h4-13H,1-3H3,(H,23,24)(H,25,26). The molecule has 6 nitrogen and oxygen atoms in total. The number of aryl methyl sites for hydroxylation is 2. The first-order chi connectivity index (χ1) is 13.5. The zero-order valence-electron chi connectivity index (χ0n) is 15.9. The number of hydrogen-bond acceptors (Lipinski definition) is 5. The second kappa shape index (κ2) is 8.35. The lowest BCUT2D eigenvalue weighted by Crippen LogP contribution is -2.12. The number of nitrogens with one attached hydrogen (secondary N) is 2. The maximum absolute atomic E-state index is 12.4. The monoisotopic (exact) mass is 375 g/mol. The van der Waals surface area contributed by atoms with E-state index in [4.69, 9.17) is 0 Å². The molecule has 0 bridgehead atoms. The second-order valence-corrected chi connectivity index (χ2v) is 6.38. The second-order valence-electron chi connectivity index (χ2n) is 6.38. The lowest BCUT2D eigenvalue weighted by molar-refractivity contribution is 0.0600. The number of carbonyl (C=O) groups is 2.